The third-order valence-electron chi connectivity index (χ3n) is 3.80. The van der Waals surface area contributed by atoms with E-state index < -0.39 is 17.8 Å². The van der Waals surface area contributed by atoms with E-state index in [1.165, 1.54) is 10.0 Å². The lowest BCUT2D eigenvalue weighted by Crippen LogP contribution is -2.52. The van der Waals surface area contributed by atoms with Crippen LogP contribution in [-0.2, 0) is 16.1 Å². The third-order valence-corrected chi connectivity index (χ3v) is 3.80. The number of hydrogen-bond acceptors (Lipinski definition) is 4. The van der Waals surface area contributed by atoms with Gasteiger partial charge >= 0.3 is 12.2 Å². The van der Waals surface area contributed by atoms with Gasteiger partial charge in [0.1, 0.15) is 12.2 Å². The summed E-state index contributed by atoms with van der Waals surface area (Å²) in [5.74, 6) is 0. The van der Waals surface area contributed by atoms with Gasteiger partial charge in [0, 0.05) is 13.1 Å². The molecule has 6 heteroatoms. The first-order valence-electron chi connectivity index (χ1n) is 8.85. The summed E-state index contributed by atoms with van der Waals surface area (Å²) in [5, 5.41) is 2.77. The van der Waals surface area contributed by atoms with Crippen LogP contribution in [0.5, 0.6) is 0 Å². The summed E-state index contributed by atoms with van der Waals surface area (Å²) >= 11 is 0. The summed E-state index contributed by atoms with van der Waals surface area (Å²) < 4.78 is 10.9. The predicted octanol–water partition coefficient (Wildman–Crippen LogP) is 4.35. The molecule has 1 fully saturated rings. The van der Waals surface area contributed by atoms with Gasteiger partial charge in [-0.3, -0.25) is 0 Å². The number of carbonyl (C=O) groups excluding carboxylic acids is 2. The number of nitrogens with zero attached hydrogens (tertiary/aromatic N) is 2. The molecule has 1 heterocycles. The number of rotatable bonds is 2. The Labute approximate surface area is 149 Å². The van der Waals surface area contributed by atoms with Crippen molar-refractivity contribution in [2.24, 2.45) is 0 Å². The fraction of sp³-hybridized carbons (Fsp3) is 0.579. The molecule has 0 radical (unpaired) electrons. The first-order chi connectivity index (χ1) is 11.9. The smallest absolute Gasteiger partial charge is 0.429 e. The number of amides is 2. The minimum absolute atomic E-state index is 0.179. The molecule has 1 aromatic rings. The largest absolute Gasteiger partial charge is 0.443 e. The summed E-state index contributed by atoms with van der Waals surface area (Å²) in [6.07, 6.45) is 2.71. The van der Waals surface area contributed by atoms with Gasteiger partial charge in [0.15, 0.2) is 0 Å². The molecule has 0 unspecified atom stereocenters. The average Bonchev–Trinajstić information content (AvgIpc) is 2.51. The molecule has 0 atom stereocenters. The van der Waals surface area contributed by atoms with E-state index in [1.54, 1.807) is 0 Å². The monoisotopic (exact) mass is 348 g/mol. The second-order valence-electron chi connectivity index (χ2n) is 7.18. The maximum Gasteiger partial charge on any atom is 0.429 e. The fourth-order valence-electron chi connectivity index (χ4n) is 2.61. The van der Waals surface area contributed by atoms with Crippen LogP contribution in [0.25, 0.3) is 0 Å². The predicted molar refractivity (Wildman–Crippen MR) is 94.7 cm³/mol. The number of hydrogen-bond donors (Lipinski definition) is 0. The zero-order chi connectivity index (χ0) is 18.3. The SMILES string of the molecule is CC(C)(C)OC(=O)N1CCCCCCN1C(=O)OCc1ccccc1. The van der Waals surface area contributed by atoms with Crippen LogP contribution in [0.4, 0.5) is 9.59 Å². The number of hydrazine groups is 1. The number of benzene rings is 1. The van der Waals surface area contributed by atoms with Crippen LogP contribution < -0.4 is 0 Å². The van der Waals surface area contributed by atoms with Gasteiger partial charge in [0.05, 0.1) is 0 Å². The topological polar surface area (TPSA) is 59.1 Å². The van der Waals surface area contributed by atoms with Crippen LogP contribution in [0.3, 0.4) is 0 Å². The molecule has 0 spiro atoms. The highest BCUT2D eigenvalue weighted by Crippen LogP contribution is 2.17. The van der Waals surface area contributed by atoms with Gasteiger partial charge in [0.2, 0.25) is 0 Å². The minimum Gasteiger partial charge on any atom is -0.443 e. The molecule has 0 saturated carbocycles. The Bertz CT molecular complexity index is 569. The third kappa shape index (κ3) is 6.29. The molecule has 0 aliphatic carbocycles. The van der Waals surface area contributed by atoms with Crippen molar-refractivity contribution in [3.63, 3.8) is 0 Å². The molecule has 2 rings (SSSR count). The molecule has 0 bridgehead atoms. The summed E-state index contributed by atoms with van der Waals surface area (Å²) in [6, 6.07) is 9.49. The van der Waals surface area contributed by atoms with Crippen LogP contribution >= 0.6 is 0 Å². The first kappa shape index (κ1) is 19.1. The van der Waals surface area contributed by atoms with Crippen LogP contribution in [0.1, 0.15) is 52.0 Å². The van der Waals surface area contributed by atoms with E-state index in [-0.39, 0.29) is 6.61 Å². The molecular weight excluding hydrogens is 320 g/mol. The second kappa shape index (κ2) is 8.74. The van der Waals surface area contributed by atoms with Gasteiger partial charge in [-0.1, -0.05) is 43.2 Å². The van der Waals surface area contributed by atoms with Crippen LogP contribution in [0.15, 0.2) is 30.3 Å². The summed E-state index contributed by atoms with van der Waals surface area (Å²) in [4.78, 5) is 25.1. The lowest BCUT2D eigenvalue weighted by Gasteiger charge is -2.36. The van der Waals surface area contributed by atoms with Gasteiger partial charge in [0.25, 0.3) is 0 Å². The molecule has 138 valence electrons. The van der Waals surface area contributed by atoms with E-state index in [1.807, 2.05) is 51.1 Å². The van der Waals surface area contributed by atoms with Gasteiger partial charge < -0.3 is 9.47 Å². The second-order valence-corrected chi connectivity index (χ2v) is 7.18. The number of ether oxygens (including phenoxy) is 2. The van der Waals surface area contributed by atoms with Crippen molar-refractivity contribution in [2.45, 2.75) is 58.7 Å². The summed E-state index contributed by atoms with van der Waals surface area (Å²) in [6.45, 7) is 6.52. The molecule has 2 amide bonds. The van der Waals surface area contributed by atoms with Crippen molar-refractivity contribution in [2.75, 3.05) is 13.1 Å². The van der Waals surface area contributed by atoms with Crippen LogP contribution in [-0.4, -0.2) is 40.9 Å². The molecular formula is C19H28N2O4. The molecule has 25 heavy (non-hydrogen) atoms. The van der Waals surface area contributed by atoms with Crippen molar-refractivity contribution in [3.8, 4) is 0 Å². The lowest BCUT2D eigenvalue weighted by atomic mass is 10.1. The zero-order valence-electron chi connectivity index (χ0n) is 15.4. The van der Waals surface area contributed by atoms with Gasteiger partial charge in [-0.25, -0.2) is 19.6 Å². The molecule has 1 aliphatic heterocycles. The van der Waals surface area contributed by atoms with Crippen molar-refractivity contribution in [1.29, 1.82) is 0 Å². The molecule has 0 aromatic heterocycles. The minimum atomic E-state index is -0.612. The van der Waals surface area contributed by atoms with Gasteiger partial charge in [-0.05, 0) is 39.2 Å². The maximum absolute atomic E-state index is 12.6. The Hall–Kier alpha value is -2.24. The van der Waals surface area contributed by atoms with Crippen molar-refractivity contribution < 1.29 is 19.1 Å². The highest BCUT2D eigenvalue weighted by atomic mass is 16.6. The number of carbonyl (C=O) groups is 2. The molecule has 1 aliphatic rings. The van der Waals surface area contributed by atoms with E-state index in [0.29, 0.717) is 13.1 Å². The van der Waals surface area contributed by atoms with E-state index in [9.17, 15) is 9.59 Å². The zero-order valence-corrected chi connectivity index (χ0v) is 15.4. The van der Waals surface area contributed by atoms with Gasteiger partial charge in [-0.15, -0.1) is 0 Å². The summed E-state index contributed by atoms with van der Waals surface area (Å²) in [5.41, 5.74) is 0.297. The van der Waals surface area contributed by atoms with Gasteiger partial charge in [-0.2, -0.15) is 0 Å². The Morgan fingerprint density at radius 2 is 1.48 bits per heavy atom. The first-order valence-corrected chi connectivity index (χ1v) is 8.85. The quantitative estimate of drug-likeness (QED) is 0.797. The Morgan fingerprint density at radius 3 is 2.04 bits per heavy atom. The standard InChI is InChI=1S/C19H28N2O4/c1-19(2,3)25-18(23)21-14-10-5-4-9-13-20(21)17(22)24-15-16-11-7-6-8-12-16/h6-8,11-12H,4-5,9-10,13-15H2,1-3H3. The molecule has 1 saturated heterocycles. The van der Waals surface area contributed by atoms with E-state index in [0.717, 1.165) is 31.2 Å². The molecule has 0 N–H and O–H groups in total. The van der Waals surface area contributed by atoms with Crippen molar-refractivity contribution in [1.82, 2.24) is 10.0 Å². The maximum atomic E-state index is 12.6. The van der Waals surface area contributed by atoms with Crippen LogP contribution in [0.2, 0.25) is 0 Å². The Morgan fingerprint density at radius 1 is 0.920 bits per heavy atom. The summed E-state index contributed by atoms with van der Waals surface area (Å²) in [7, 11) is 0. The van der Waals surface area contributed by atoms with Crippen molar-refractivity contribution in [3.05, 3.63) is 35.9 Å². The average molecular weight is 348 g/mol. The highest BCUT2D eigenvalue weighted by molar-refractivity contribution is 5.74. The fourth-order valence-corrected chi connectivity index (χ4v) is 2.61. The van der Waals surface area contributed by atoms with Crippen molar-refractivity contribution >= 4 is 12.2 Å². The Kier molecular flexibility index (Phi) is 6.67. The van der Waals surface area contributed by atoms with E-state index in [2.05, 4.69) is 0 Å². The normalized spacial score (nSPS) is 16.0. The Balaban J connectivity index is 2.05. The molecule has 6 nitrogen and oxygen atoms in total. The van der Waals surface area contributed by atoms with Crippen LogP contribution in [0, 0.1) is 0 Å². The van der Waals surface area contributed by atoms with E-state index in [4.69, 9.17) is 9.47 Å². The molecule has 1 aromatic carbocycles. The van der Waals surface area contributed by atoms with E-state index >= 15 is 0 Å². The highest BCUT2D eigenvalue weighted by Gasteiger charge is 2.31. The lowest BCUT2D eigenvalue weighted by molar-refractivity contribution is -0.0519.